The van der Waals surface area contributed by atoms with Crippen LogP contribution in [0.2, 0.25) is 0 Å². The van der Waals surface area contributed by atoms with Gasteiger partial charge in [0.2, 0.25) is 5.91 Å². The van der Waals surface area contributed by atoms with Crippen molar-refractivity contribution in [2.45, 2.75) is 38.3 Å². The summed E-state index contributed by atoms with van der Waals surface area (Å²) >= 11 is 0. The Kier molecular flexibility index (Phi) is 4.48. The van der Waals surface area contributed by atoms with E-state index >= 15 is 0 Å². The molecule has 0 atom stereocenters. The molecule has 4 rings (SSSR count). The van der Waals surface area contributed by atoms with E-state index in [0.717, 1.165) is 18.5 Å². The summed E-state index contributed by atoms with van der Waals surface area (Å²) in [6, 6.07) is 15.2. The van der Waals surface area contributed by atoms with Crippen LogP contribution in [0.25, 0.3) is 0 Å². The van der Waals surface area contributed by atoms with Crippen LogP contribution in [0.3, 0.4) is 0 Å². The number of pyridine rings is 1. The first-order valence-electron chi connectivity index (χ1n) is 8.89. The molecule has 6 nitrogen and oxygen atoms in total. The molecule has 0 bridgehead atoms. The molecule has 1 aromatic carbocycles. The number of aromatic nitrogens is 1. The van der Waals surface area contributed by atoms with Crippen LogP contribution in [0.1, 0.15) is 31.4 Å². The van der Waals surface area contributed by atoms with Crippen LogP contribution >= 0.6 is 0 Å². The number of hydrogen-bond acceptors (Lipinski definition) is 4. The lowest BCUT2D eigenvalue weighted by Gasteiger charge is -2.27. The third-order valence-corrected chi connectivity index (χ3v) is 4.59. The number of carbonyl (C=O) groups is 2. The van der Waals surface area contributed by atoms with Gasteiger partial charge in [0.15, 0.2) is 0 Å². The Hall–Kier alpha value is -3.02. The van der Waals surface area contributed by atoms with Gasteiger partial charge < -0.3 is 4.90 Å². The van der Waals surface area contributed by atoms with Gasteiger partial charge in [-0.15, -0.1) is 0 Å². The standard InChI is InChI=1S/C20H20N4O2/c25-19-12-11-18(22-24(19)17-7-2-1-3-8-17)20(26)23(16-9-10-16)14-15-6-4-5-13-21-15/h1-8,13,16H,9-12,14H2. The topological polar surface area (TPSA) is 65.9 Å². The van der Waals surface area contributed by atoms with Gasteiger partial charge in [0.25, 0.3) is 5.91 Å². The van der Waals surface area contributed by atoms with Crippen molar-refractivity contribution in [1.82, 2.24) is 9.88 Å². The van der Waals surface area contributed by atoms with Crippen molar-refractivity contribution in [3.63, 3.8) is 0 Å². The molecule has 2 heterocycles. The highest BCUT2D eigenvalue weighted by atomic mass is 16.2. The molecular weight excluding hydrogens is 328 g/mol. The van der Waals surface area contributed by atoms with Crippen LogP contribution in [-0.4, -0.2) is 33.5 Å². The van der Waals surface area contributed by atoms with E-state index in [1.54, 1.807) is 6.20 Å². The fourth-order valence-corrected chi connectivity index (χ4v) is 3.06. The second-order valence-electron chi connectivity index (χ2n) is 6.57. The third-order valence-electron chi connectivity index (χ3n) is 4.59. The van der Waals surface area contributed by atoms with Gasteiger partial charge in [-0.05, 0) is 37.1 Å². The number of benzene rings is 1. The number of amides is 2. The van der Waals surface area contributed by atoms with Crippen molar-refractivity contribution in [3.8, 4) is 0 Å². The summed E-state index contributed by atoms with van der Waals surface area (Å²) in [7, 11) is 0. The SMILES string of the molecule is O=C1CCC(C(=O)N(Cc2ccccn2)C2CC2)=NN1c1ccccc1. The number of rotatable bonds is 5. The lowest BCUT2D eigenvalue weighted by atomic mass is 10.1. The van der Waals surface area contributed by atoms with E-state index in [2.05, 4.69) is 10.1 Å². The molecule has 26 heavy (non-hydrogen) atoms. The molecule has 1 fully saturated rings. The number of carbonyl (C=O) groups excluding carboxylic acids is 2. The van der Waals surface area contributed by atoms with E-state index in [4.69, 9.17) is 0 Å². The molecule has 0 unspecified atom stereocenters. The number of anilines is 1. The minimum atomic E-state index is -0.0911. The average Bonchev–Trinajstić information content (AvgIpc) is 3.53. The quantitative estimate of drug-likeness (QED) is 0.834. The Morgan fingerprint density at radius 2 is 1.85 bits per heavy atom. The predicted octanol–water partition coefficient (Wildman–Crippen LogP) is 2.76. The van der Waals surface area contributed by atoms with E-state index in [9.17, 15) is 9.59 Å². The molecule has 2 aromatic rings. The van der Waals surface area contributed by atoms with Gasteiger partial charge in [-0.2, -0.15) is 5.10 Å². The Bertz CT molecular complexity index is 831. The maximum atomic E-state index is 13.1. The van der Waals surface area contributed by atoms with Gasteiger partial charge in [0.1, 0.15) is 5.71 Å². The smallest absolute Gasteiger partial charge is 0.270 e. The summed E-state index contributed by atoms with van der Waals surface area (Å²) in [5.41, 5.74) is 1.99. The van der Waals surface area contributed by atoms with E-state index in [0.29, 0.717) is 30.8 Å². The summed E-state index contributed by atoms with van der Waals surface area (Å²) in [4.78, 5) is 31.5. The highest BCUT2D eigenvalue weighted by Gasteiger charge is 2.36. The zero-order chi connectivity index (χ0) is 17.9. The molecule has 0 saturated heterocycles. The average molecular weight is 348 g/mol. The van der Waals surface area contributed by atoms with E-state index < -0.39 is 0 Å². The van der Waals surface area contributed by atoms with Gasteiger partial charge in [-0.1, -0.05) is 24.3 Å². The monoisotopic (exact) mass is 348 g/mol. The van der Waals surface area contributed by atoms with Crippen LogP contribution < -0.4 is 5.01 Å². The molecule has 132 valence electrons. The summed E-state index contributed by atoms with van der Waals surface area (Å²) in [5.74, 6) is -0.179. The van der Waals surface area contributed by atoms with Crippen molar-refractivity contribution in [2.75, 3.05) is 5.01 Å². The van der Waals surface area contributed by atoms with Crippen molar-refractivity contribution in [1.29, 1.82) is 0 Å². The van der Waals surface area contributed by atoms with E-state index in [-0.39, 0.29) is 17.9 Å². The minimum Gasteiger partial charge on any atom is -0.329 e. The number of hydrazone groups is 1. The lowest BCUT2D eigenvalue weighted by molar-refractivity contribution is -0.125. The molecule has 0 N–H and O–H groups in total. The number of para-hydroxylation sites is 1. The molecule has 1 aliphatic carbocycles. The summed E-state index contributed by atoms with van der Waals surface area (Å²) < 4.78 is 0. The lowest BCUT2D eigenvalue weighted by Crippen LogP contribution is -2.42. The molecular formula is C20H20N4O2. The largest absolute Gasteiger partial charge is 0.329 e. The summed E-state index contributed by atoms with van der Waals surface area (Å²) in [6.07, 6.45) is 4.42. The Balaban J connectivity index is 1.58. The Morgan fingerprint density at radius 3 is 2.54 bits per heavy atom. The second kappa shape index (κ2) is 7.07. The van der Waals surface area contributed by atoms with Gasteiger partial charge in [-0.3, -0.25) is 14.6 Å². The first-order chi connectivity index (χ1) is 12.7. The van der Waals surface area contributed by atoms with Gasteiger partial charge in [-0.25, -0.2) is 5.01 Å². The molecule has 1 aliphatic heterocycles. The molecule has 2 amide bonds. The first kappa shape index (κ1) is 16.4. The summed E-state index contributed by atoms with van der Waals surface area (Å²) in [6.45, 7) is 0.475. The number of hydrogen-bond donors (Lipinski definition) is 0. The van der Waals surface area contributed by atoms with Crippen LogP contribution in [-0.2, 0) is 16.1 Å². The predicted molar refractivity (Wildman–Crippen MR) is 98.4 cm³/mol. The fraction of sp³-hybridized carbons (Fsp3) is 0.300. The highest BCUT2D eigenvalue weighted by Crippen LogP contribution is 2.29. The van der Waals surface area contributed by atoms with Crippen molar-refractivity contribution in [2.24, 2.45) is 5.10 Å². The molecule has 2 aliphatic rings. The third kappa shape index (κ3) is 3.49. The van der Waals surface area contributed by atoms with Crippen LogP contribution in [0.15, 0.2) is 59.8 Å². The maximum absolute atomic E-state index is 13.1. The Labute approximate surface area is 152 Å². The number of nitrogens with zero attached hydrogens (tertiary/aromatic N) is 4. The maximum Gasteiger partial charge on any atom is 0.270 e. The Morgan fingerprint density at radius 1 is 1.08 bits per heavy atom. The molecule has 1 aromatic heterocycles. The molecule has 0 radical (unpaired) electrons. The molecule has 6 heteroatoms. The van der Waals surface area contributed by atoms with Crippen molar-refractivity contribution in [3.05, 3.63) is 60.4 Å². The van der Waals surface area contributed by atoms with E-state index in [1.165, 1.54) is 5.01 Å². The molecule has 0 spiro atoms. The van der Waals surface area contributed by atoms with Crippen LogP contribution in [0, 0.1) is 0 Å². The normalized spacial score (nSPS) is 17.0. The van der Waals surface area contributed by atoms with Crippen molar-refractivity contribution >= 4 is 23.2 Å². The van der Waals surface area contributed by atoms with Gasteiger partial charge >= 0.3 is 0 Å². The minimum absolute atomic E-state index is 0.0875. The second-order valence-corrected chi connectivity index (χ2v) is 6.57. The van der Waals surface area contributed by atoms with Crippen LogP contribution in [0.5, 0.6) is 0 Å². The summed E-state index contributed by atoms with van der Waals surface area (Å²) in [5, 5.41) is 5.74. The first-order valence-corrected chi connectivity index (χ1v) is 8.89. The van der Waals surface area contributed by atoms with Gasteiger partial charge in [0, 0.05) is 25.1 Å². The van der Waals surface area contributed by atoms with Crippen LogP contribution in [0.4, 0.5) is 5.69 Å². The van der Waals surface area contributed by atoms with Crippen molar-refractivity contribution < 1.29 is 9.59 Å². The van der Waals surface area contributed by atoms with E-state index in [1.807, 2.05) is 53.4 Å². The fourth-order valence-electron chi connectivity index (χ4n) is 3.06. The highest BCUT2D eigenvalue weighted by molar-refractivity contribution is 6.40. The zero-order valence-corrected chi connectivity index (χ0v) is 14.4. The molecule has 1 saturated carbocycles. The van der Waals surface area contributed by atoms with Gasteiger partial charge in [0.05, 0.1) is 17.9 Å². The zero-order valence-electron chi connectivity index (χ0n) is 14.4.